The molecule has 0 aromatic rings. The lowest BCUT2D eigenvalue weighted by atomic mass is 10.2. The van der Waals surface area contributed by atoms with E-state index in [-0.39, 0.29) is 13.0 Å². The number of nitrogens with two attached hydrogens (primary N) is 1. The zero-order chi connectivity index (χ0) is 12.2. The van der Waals surface area contributed by atoms with Gasteiger partial charge in [-0.2, -0.15) is 13.2 Å². The Balaban J connectivity index is 2.66. The highest BCUT2D eigenvalue weighted by atomic mass is 32.2. The predicted molar refractivity (Wildman–Crippen MR) is 55.5 cm³/mol. The highest BCUT2D eigenvalue weighted by Crippen LogP contribution is 2.30. The molecule has 0 saturated carbocycles. The van der Waals surface area contributed by atoms with Crippen LogP contribution in [0.4, 0.5) is 13.2 Å². The maximum Gasteiger partial charge on any atom is 0.403 e. The first kappa shape index (κ1) is 13.9. The van der Waals surface area contributed by atoms with Gasteiger partial charge in [-0.3, -0.25) is 4.21 Å². The number of halogens is 3. The topological polar surface area (TPSA) is 52.3 Å². The van der Waals surface area contributed by atoms with E-state index in [0.29, 0.717) is 26.1 Å². The van der Waals surface area contributed by atoms with Crippen LogP contribution in [0.25, 0.3) is 0 Å². The standard InChI is InChI=1S/C9H16F3NO2S/c10-9(11,12)8(1-4-13)16(14)7-2-5-15-6-3-7/h7-8H,1-6,13H2. The summed E-state index contributed by atoms with van der Waals surface area (Å²) in [5.41, 5.74) is 5.13. The third-order valence-electron chi connectivity index (χ3n) is 2.57. The first-order valence-electron chi connectivity index (χ1n) is 5.20. The van der Waals surface area contributed by atoms with Gasteiger partial charge in [0.25, 0.3) is 0 Å². The third-order valence-corrected chi connectivity index (χ3v) is 4.76. The monoisotopic (exact) mass is 259 g/mol. The molecular formula is C9H16F3NO2S. The van der Waals surface area contributed by atoms with Gasteiger partial charge >= 0.3 is 6.18 Å². The van der Waals surface area contributed by atoms with Gasteiger partial charge in [0.1, 0.15) is 5.25 Å². The van der Waals surface area contributed by atoms with E-state index in [0.717, 1.165) is 0 Å². The van der Waals surface area contributed by atoms with E-state index in [1.807, 2.05) is 0 Å². The van der Waals surface area contributed by atoms with Crippen LogP contribution in [0.3, 0.4) is 0 Å². The second kappa shape index (κ2) is 5.97. The Bertz CT molecular complexity index is 241. The number of hydrogen-bond acceptors (Lipinski definition) is 3. The summed E-state index contributed by atoms with van der Waals surface area (Å²) in [5, 5.41) is -2.20. The van der Waals surface area contributed by atoms with Crippen LogP contribution in [0.15, 0.2) is 0 Å². The van der Waals surface area contributed by atoms with Crippen molar-refractivity contribution in [1.29, 1.82) is 0 Å². The van der Waals surface area contributed by atoms with E-state index in [1.165, 1.54) is 0 Å². The van der Waals surface area contributed by atoms with Crippen molar-refractivity contribution in [3.63, 3.8) is 0 Å². The van der Waals surface area contributed by atoms with E-state index in [9.17, 15) is 17.4 Å². The number of ether oxygens (including phenoxy) is 1. The average molecular weight is 259 g/mol. The molecule has 0 aliphatic carbocycles. The lowest BCUT2D eigenvalue weighted by Gasteiger charge is -2.27. The Hall–Kier alpha value is -0.140. The molecule has 0 aromatic heterocycles. The SMILES string of the molecule is NCCC(S(=O)C1CCOCC1)C(F)(F)F. The lowest BCUT2D eigenvalue weighted by molar-refractivity contribution is -0.130. The zero-order valence-corrected chi connectivity index (χ0v) is 9.65. The van der Waals surface area contributed by atoms with Crippen molar-refractivity contribution in [2.45, 2.75) is 35.9 Å². The Morgan fingerprint density at radius 2 is 1.94 bits per heavy atom. The molecule has 1 aliphatic rings. The minimum atomic E-state index is -4.43. The number of rotatable bonds is 4. The van der Waals surface area contributed by atoms with Crippen molar-refractivity contribution in [3.8, 4) is 0 Å². The molecule has 96 valence electrons. The van der Waals surface area contributed by atoms with Gasteiger partial charge in [-0.15, -0.1) is 0 Å². The van der Waals surface area contributed by atoms with Crippen molar-refractivity contribution in [3.05, 3.63) is 0 Å². The minimum absolute atomic E-state index is 0.0981. The molecule has 2 atom stereocenters. The molecular weight excluding hydrogens is 243 g/mol. The van der Waals surface area contributed by atoms with Gasteiger partial charge in [-0.1, -0.05) is 0 Å². The van der Waals surface area contributed by atoms with Crippen molar-refractivity contribution in [1.82, 2.24) is 0 Å². The Morgan fingerprint density at radius 1 is 1.38 bits per heavy atom. The molecule has 2 unspecified atom stereocenters. The van der Waals surface area contributed by atoms with Gasteiger partial charge in [0.05, 0.1) is 0 Å². The van der Waals surface area contributed by atoms with Gasteiger partial charge in [0.2, 0.25) is 0 Å². The number of hydrogen-bond donors (Lipinski definition) is 1. The second-order valence-electron chi connectivity index (χ2n) is 3.75. The van der Waals surface area contributed by atoms with Crippen molar-refractivity contribution in [2.75, 3.05) is 19.8 Å². The molecule has 0 amide bonds. The van der Waals surface area contributed by atoms with Gasteiger partial charge in [0.15, 0.2) is 0 Å². The van der Waals surface area contributed by atoms with Crippen LogP contribution in [0, 0.1) is 0 Å². The summed E-state index contributed by atoms with van der Waals surface area (Å²) in [4.78, 5) is 0. The molecule has 0 aromatic carbocycles. The Kier molecular flexibility index (Phi) is 5.20. The molecule has 1 aliphatic heterocycles. The molecule has 1 heterocycles. The summed E-state index contributed by atoms with van der Waals surface area (Å²) in [6, 6.07) is 0. The summed E-state index contributed by atoms with van der Waals surface area (Å²) < 4.78 is 54.7. The largest absolute Gasteiger partial charge is 0.403 e. The van der Waals surface area contributed by atoms with E-state index in [1.54, 1.807) is 0 Å². The first-order valence-corrected chi connectivity index (χ1v) is 6.48. The molecule has 1 fully saturated rings. The predicted octanol–water partition coefficient (Wildman–Crippen LogP) is 1.19. The highest BCUT2D eigenvalue weighted by molar-refractivity contribution is 7.86. The lowest BCUT2D eigenvalue weighted by Crippen LogP contribution is -2.41. The molecule has 2 N–H and O–H groups in total. The molecule has 1 rings (SSSR count). The van der Waals surface area contributed by atoms with Crippen molar-refractivity contribution >= 4 is 10.8 Å². The molecule has 0 radical (unpaired) electrons. The third kappa shape index (κ3) is 3.71. The normalized spacial score (nSPS) is 23.0. The molecule has 16 heavy (non-hydrogen) atoms. The summed E-state index contributed by atoms with van der Waals surface area (Å²) in [6.07, 6.45) is -3.83. The molecule has 1 saturated heterocycles. The highest BCUT2D eigenvalue weighted by Gasteiger charge is 2.45. The van der Waals surface area contributed by atoms with Gasteiger partial charge < -0.3 is 10.5 Å². The summed E-state index contributed by atoms with van der Waals surface area (Å²) in [5.74, 6) is 0. The van der Waals surface area contributed by atoms with E-state index < -0.39 is 27.5 Å². The quantitative estimate of drug-likeness (QED) is 0.825. The van der Waals surface area contributed by atoms with E-state index >= 15 is 0 Å². The molecule has 3 nitrogen and oxygen atoms in total. The molecule has 7 heteroatoms. The van der Waals surface area contributed by atoms with E-state index in [2.05, 4.69) is 0 Å². The zero-order valence-electron chi connectivity index (χ0n) is 8.83. The smallest absolute Gasteiger partial charge is 0.381 e. The molecule has 0 bridgehead atoms. The summed E-state index contributed by atoms with van der Waals surface area (Å²) in [7, 11) is -1.90. The van der Waals surface area contributed by atoms with Crippen LogP contribution in [0.1, 0.15) is 19.3 Å². The van der Waals surface area contributed by atoms with Crippen LogP contribution < -0.4 is 5.73 Å². The first-order chi connectivity index (χ1) is 7.46. The maximum absolute atomic E-state index is 12.6. The van der Waals surface area contributed by atoms with Crippen LogP contribution in [0.2, 0.25) is 0 Å². The van der Waals surface area contributed by atoms with Crippen LogP contribution in [-0.4, -0.2) is 40.6 Å². The van der Waals surface area contributed by atoms with Crippen molar-refractivity contribution < 1.29 is 22.1 Å². The van der Waals surface area contributed by atoms with E-state index in [4.69, 9.17) is 10.5 Å². The fourth-order valence-electron chi connectivity index (χ4n) is 1.70. The average Bonchev–Trinajstić information content (AvgIpc) is 2.25. The Morgan fingerprint density at radius 3 is 2.38 bits per heavy atom. The second-order valence-corrected chi connectivity index (χ2v) is 5.64. The Labute approximate surface area is 95.0 Å². The van der Waals surface area contributed by atoms with Gasteiger partial charge in [0, 0.05) is 29.3 Å². The van der Waals surface area contributed by atoms with Crippen LogP contribution in [-0.2, 0) is 15.5 Å². The van der Waals surface area contributed by atoms with Crippen molar-refractivity contribution in [2.24, 2.45) is 5.73 Å². The summed E-state index contributed by atoms with van der Waals surface area (Å²) in [6.45, 7) is 0.687. The summed E-state index contributed by atoms with van der Waals surface area (Å²) >= 11 is 0. The fraction of sp³-hybridized carbons (Fsp3) is 1.00. The van der Waals surface area contributed by atoms with Gasteiger partial charge in [-0.05, 0) is 25.8 Å². The number of alkyl halides is 3. The van der Waals surface area contributed by atoms with Crippen LogP contribution in [0.5, 0.6) is 0 Å². The fourth-order valence-corrected chi connectivity index (χ4v) is 3.46. The minimum Gasteiger partial charge on any atom is -0.381 e. The van der Waals surface area contributed by atoms with Gasteiger partial charge in [-0.25, -0.2) is 0 Å². The van der Waals surface area contributed by atoms with Crippen LogP contribution >= 0.6 is 0 Å². The maximum atomic E-state index is 12.6. The molecule has 0 spiro atoms.